The Morgan fingerprint density at radius 3 is 2.91 bits per heavy atom. The molecule has 22 heavy (non-hydrogen) atoms. The lowest BCUT2D eigenvalue weighted by Crippen LogP contribution is -2.33. The molecule has 3 rings (SSSR count). The number of nitrogens with one attached hydrogen (secondary N) is 1. The van der Waals surface area contributed by atoms with Gasteiger partial charge in [0, 0.05) is 43.2 Å². The highest BCUT2D eigenvalue weighted by molar-refractivity contribution is 5.84. The van der Waals surface area contributed by atoms with Crippen LogP contribution in [0.3, 0.4) is 0 Å². The van der Waals surface area contributed by atoms with Crippen molar-refractivity contribution < 1.29 is 4.39 Å². The molecule has 1 aromatic heterocycles. The van der Waals surface area contributed by atoms with E-state index in [1.54, 1.807) is 6.07 Å². The average molecular weight is 301 g/mol. The second-order valence-electron chi connectivity index (χ2n) is 6.31. The molecule has 0 bridgehead atoms. The lowest BCUT2D eigenvalue weighted by atomic mass is 9.95. The molecule has 1 N–H and O–H groups in total. The van der Waals surface area contributed by atoms with Crippen molar-refractivity contribution in [3.8, 4) is 0 Å². The highest BCUT2D eigenvalue weighted by Gasteiger charge is 2.22. The minimum Gasteiger partial charge on any atom is -0.310 e. The fraction of sp³-hybridized carbons (Fsp3) is 0.500. The summed E-state index contributed by atoms with van der Waals surface area (Å²) in [5.74, 6) is -0.219. The fourth-order valence-electron chi connectivity index (χ4n) is 3.15. The zero-order valence-electron chi connectivity index (χ0n) is 13.6. The number of para-hydroxylation sites is 1. The Bertz CT molecular complexity index is 682. The molecular formula is C18H24FN3. The van der Waals surface area contributed by atoms with Crippen molar-refractivity contribution >= 4 is 10.9 Å². The summed E-state index contributed by atoms with van der Waals surface area (Å²) in [6.07, 6.45) is 0.905. The van der Waals surface area contributed by atoms with Gasteiger partial charge in [-0.15, -0.1) is 0 Å². The van der Waals surface area contributed by atoms with Crippen LogP contribution in [-0.4, -0.2) is 29.0 Å². The summed E-state index contributed by atoms with van der Waals surface area (Å²) in [7, 11) is 0. The summed E-state index contributed by atoms with van der Waals surface area (Å²) in [4.78, 5) is 7.07. The first-order chi connectivity index (χ1) is 10.6. The fourth-order valence-corrected chi connectivity index (χ4v) is 3.15. The molecule has 1 aliphatic heterocycles. The van der Waals surface area contributed by atoms with Gasteiger partial charge >= 0.3 is 0 Å². The van der Waals surface area contributed by atoms with Crippen molar-refractivity contribution in [2.75, 3.05) is 13.1 Å². The van der Waals surface area contributed by atoms with Crippen LogP contribution in [0.4, 0.5) is 4.39 Å². The Labute approximate surface area is 131 Å². The van der Waals surface area contributed by atoms with Crippen LogP contribution in [-0.2, 0) is 19.5 Å². The van der Waals surface area contributed by atoms with Crippen LogP contribution < -0.4 is 5.32 Å². The third-order valence-electron chi connectivity index (χ3n) is 4.45. The van der Waals surface area contributed by atoms with E-state index in [1.165, 1.54) is 17.2 Å². The minimum atomic E-state index is -0.219. The van der Waals surface area contributed by atoms with E-state index >= 15 is 0 Å². The average Bonchev–Trinajstić information content (AvgIpc) is 2.51. The molecule has 0 aliphatic carbocycles. The summed E-state index contributed by atoms with van der Waals surface area (Å²) < 4.78 is 14.2. The van der Waals surface area contributed by atoms with Crippen molar-refractivity contribution in [1.82, 2.24) is 15.2 Å². The summed E-state index contributed by atoms with van der Waals surface area (Å²) in [6.45, 7) is 10.2. The predicted octanol–water partition coefficient (Wildman–Crippen LogP) is 3.25. The number of fused-ring (bicyclic) bond motifs is 2. The number of pyridine rings is 1. The van der Waals surface area contributed by atoms with E-state index in [9.17, 15) is 4.39 Å². The molecule has 118 valence electrons. The zero-order valence-corrected chi connectivity index (χ0v) is 13.6. The Morgan fingerprint density at radius 2 is 2.18 bits per heavy atom. The molecule has 1 aliphatic rings. The van der Waals surface area contributed by atoms with Gasteiger partial charge in [0.15, 0.2) is 0 Å². The van der Waals surface area contributed by atoms with Crippen molar-refractivity contribution in [3.05, 3.63) is 40.8 Å². The van der Waals surface area contributed by atoms with Crippen LogP contribution in [0.5, 0.6) is 0 Å². The monoisotopic (exact) mass is 301 g/mol. The van der Waals surface area contributed by atoms with Gasteiger partial charge < -0.3 is 5.32 Å². The first kappa shape index (κ1) is 15.4. The molecular weight excluding hydrogens is 277 g/mol. The van der Waals surface area contributed by atoms with E-state index in [0.29, 0.717) is 11.6 Å². The maximum Gasteiger partial charge on any atom is 0.149 e. The largest absolute Gasteiger partial charge is 0.310 e. The van der Waals surface area contributed by atoms with Crippen molar-refractivity contribution in [2.24, 2.45) is 0 Å². The zero-order chi connectivity index (χ0) is 15.7. The molecule has 0 fully saturated rings. The third-order valence-corrected chi connectivity index (χ3v) is 4.45. The topological polar surface area (TPSA) is 28.2 Å². The number of rotatable bonds is 4. The van der Waals surface area contributed by atoms with E-state index in [2.05, 4.69) is 36.0 Å². The number of hydrogen-bond donors (Lipinski definition) is 1. The van der Waals surface area contributed by atoms with Crippen molar-refractivity contribution in [2.45, 2.75) is 46.3 Å². The first-order valence-corrected chi connectivity index (χ1v) is 8.14. The smallest absolute Gasteiger partial charge is 0.149 e. The van der Waals surface area contributed by atoms with Crippen LogP contribution in [0, 0.1) is 5.82 Å². The molecule has 0 amide bonds. The molecule has 4 heteroatoms. The molecule has 0 unspecified atom stereocenters. The van der Waals surface area contributed by atoms with Gasteiger partial charge in [-0.1, -0.05) is 32.9 Å². The van der Waals surface area contributed by atoms with Gasteiger partial charge in [0.05, 0.1) is 0 Å². The number of aromatic nitrogens is 1. The molecule has 0 saturated heterocycles. The van der Waals surface area contributed by atoms with E-state index in [1.807, 2.05) is 6.07 Å². The molecule has 0 spiro atoms. The standard InChI is InChI=1S/C18H24FN3/c1-4-22-9-8-17-15(11-22)14(10-20-12(2)3)13-6-5-7-16(19)18(13)21-17/h5-7,12,20H,4,8-11H2,1-3H3. The predicted molar refractivity (Wildman–Crippen MR) is 88.3 cm³/mol. The second-order valence-corrected chi connectivity index (χ2v) is 6.31. The van der Waals surface area contributed by atoms with E-state index in [4.69, 9.17) is 0 Å². The van der Waals surface area contributed by atoms with Crippen LogP contribution in [0.2, 0.25) is 0 Å². The third kappa shape index (κ3) is 2.85. The number of halogens is 1. The van der Waals surface area contributed by atoms with E-state index in [-0.39, 0.29) is 5.82 Å². The lowest BCUT2D eigenvalue weighted by molar-refractivity contribution is 0.264. The molecule has 0 radical (unpaired) electrons. The van der Waals surface area contributed by atoms with Crippen LogP contribution in [0.25, 0.3) is 10.9 Å². The van der Waals surface area contributed by atoms with Gasteiger partial charge in [-0.2, -0.15) is 0 Å². The van der Waals surface area contributed by atoms with E-state index in [0.717, 1.165) is 43.7 Å². The minimum absolute atomic E-state index is 0.219. The maximum atomic E-state index is 14.2. The number of benzene rings is 1. The molecule has 0 atom stereocenters. The van der Waals surface area contributed by atoms with Gasteiger partial charge in [0.25, 0.3) is 0 Å². The molecule has 2 heterocycles. The highest BCUT2D eigenvalue weighted by atomic mass is 19.1. The van der Waals surface area contributed by atoms with Gasteiger partial charge in [0.2, 0.25) is 0 Å². The normalized spacial score (nSPS) is 15.5. The van der Waals surface area contributed by atoms with Gasteiger partial charge in [-0.3, -0.25) is 4.90 Å². The van der Waals surface area contributed by atoms with Crippen LogP contribution in [0.1, 0.15) is 37.6 Å². The molecule has 2 aromatic rings. The Hall–Kier alpha value is -1.52. The van der Waals surface area contributed by atoms with Crippen LogP contribution >= 0.6 is 0 Å². The summed E-state index contributed by atoms with van der Waals surface area (Å²) in [5, 5.41) is 4.44. The number of likely N-dealkylation sites (N-methyl/N-ethyl adjacent to an activating group) is 1. The summed E-state index contributed by atoms with van der Waals surface area (Å²) in [6, 6.07) is 5.68. The van der Waals surface area contributed by atoms with Crippen molar-refractivity contribution in [3.63, 3.8) is 0 Å². The quantitative estimate of drug-likeness (QED) is 0.939. The Balaban J connectivity index is 2.15. The second kappa shape index (κ2) is 6.31. The van der Waals surface area contributed by atoms with Crippen LogP contribution in [0.15, 0.2) is 18.2 Å². The number of nitrogens with zero attached hydrogens (tertiary/aromatic N) is 2. The first-order valence-electron chi connectivity index (χ1n) is 8.14. The summed E-state index contributed by atoms with van der Waals surface area (Å²) >= 11 is 0. The van der Waals surface area contributed by atoms with Crippen molar-refractivity contribution in [1.29, 1.82) is 0 Å². The van der Waals surface area contributed by atoms with Gasteiger partial charge in [-0.25, -0.2) is 9.37 Å². The van der Waals surface area contributed by atoms with Gasteiger partial charge in [-0.05, 0) is 23.7 Å². The van der Waals surface area contributed by atoms with Gasteiger partial charge in [0.1, 0.15) is 11.3 Å². The molecule has 1 aromatic carbocycles. The number of hydrogen-bond acceptors (Lipinski definition) is 3. The molecule has 3 nitrogen and oxygen atoms in total. The Morgan fingerprint density at radius 1 is 1.36 bits per heavy atom. The molecule has 0 saturated carbocycles. The maximum absolute atomic E-state index is 14.2. The highest BCUT2D eigenvalue weighted by Crippen LogP contribution is 2.29. The van der Waals surface area contributed by atoms with E-state index < -0.39 is 0 Å². The Kier molecular flexibility index (Phi) is 4.41. The SMILES string of the molecule is CCN1CCc2nc3c(F)cccc3c(CNC(C)C)c2C1. The lowest BCUT2D eigenvalue weighted by Gasteiger charge is -2.29. The summed E-state index contributed by atoms with van der Waals surface area (Å²) in [5.41, 5.74) is 4.10.